The second-order valence-electron chi connectivity index (χ2n) is 2.59. The number of fused-ring (bicyclic) bond motifs is 1. The predicted molar refractivity (Wildman–Crippen MR) is 48.4 cm³/mol. The number of benzene rings is 1. The molecule has 0 radical (unpaired) electrons. The fourth-order valence-corrected chi connectivity index (χ4v) is 1.26. The summed E-state index contributed by atoms with van der Waals surface area (Å²) in [5.41, 5.74) is 3.41. The maximum absolute atomic E-state index is 11.7. The first-order chi connectivity index (χ1) is 6.42. The normalized spacial score (nSPS) is 10.5. The van der Waals surface area contributed by atoms with Crippen LogP contribution in [0.5, 0.6) is 0 Å². The van der Waals surface area contributed by atoms with E-state index in [9.17, 15) is 4.39 Å². The summed E-state index contributed by atoms with van der Waals surface area (Å²) >= 11 is 0. The van der Waals surface area contributed by atoms with E-state index in [1.54, 1.807) is 10.9 Å². The molecule has 0 saturated heterocycles. The average Bonchev–Trinajstić information content (AvgIpc) is 2.58. The lowest BCUT2D eigenvalue weighted by Crippen LogP contribution is -2.13. The minimum absolute atomic E-state index is 0.855. The number of alkyl halides is 1. The molecular weight excluding hydrogens is 171 g/mol. The highest BCUT2D eigenvalue weighted by molar-refractivity contribution is 5.80. The monoisotopic (exact) mass is 180 g/mol. The first-order valence-electron chi connectivity index (χ1n) is 3.91. The first kappa shape index (κ1) is 8.07. The van der Waals surface area contributed by atoms with Crippen LogP contribution in [0.3, 0.4) is 0 Å². The van der Waals surface area contributed by atoms with Gasteiger partial charge in [0.1, 0.15) is 0 Å². The van der Waals surface area contributed by atoms with Crippen molar-refractivity contribution >= 4 is 10.9 Å². The van der Waals surface area contributed by atoms with Gasteiger partial charge in [0.15, 0.2) is 0 Å². The Bertz CT molecular complexity index is 399. The van der Waals surface area contributed by atoms with Crippen LogP contribution < -0.4 is 5.59 Å². The number of halogens is 1. The number of nitrogens with one attached hydrogen (secondary N) is 1. The Morgan fingerprint density at radius 2 is 2.15 bits per heavy atom. The first-order valence-corrected chi connectivity index (χ1v) is 3.91. The summed E-state index contributed by atoms with van der Waals surface area (Å²) in [4.78, 5) is 4.43. The zero-order valence-electron chi connectivity index (χ0n) is 6.90. The molecule has 1 aromatic heterocycles. The molecule has 0 atom stereocenters. The molecule has 1 heterocycles. The molecule has 0 spiro atoms. The third-order valence-electron chi connectivity index (χ3n) is 1.82. The Hall–Kier alpha value is -1.55. The summed E-state index contributed by atoms with van der Waals surface area (Å²) < 4.78 is 13.3. The highest BCUT2D eigenvalue weighted by atomic mass is 19.1. The summed E-state index contributed by atoms with van der Waals surface area (Å²) in [5.74, 6) is 0. The topological polar surface area (TPSA) is 26.2 Å². The fourth-order valence-electron chi connectivity index (χ4n) is 1.26. The number of para-hydroxylation sites is 1. The van der Waals surface area contributed by atoms with E-state index in [1.165, 1.54) is 0 Å². The van der Waals surface area contributed by atoms with Crippen molar-refractivity contribution in [3.63, 3.8) is 0 Å². The number of rotatable bonds is 3. The van der Waals surface area contributed by atoms with E-state index in [4.69, 9.17) is 0 Å². The number of aromatic nitrogens is 1. The quantitative estimate of drug-likeness (QED) is 0.731. The van der Waals surface area contributed by atoms with Crippen LogP contribution in [0.1, 0.15) is 0 Å². The van der Waals surface area contributed by atoms with Crippen LogP contribution in [0, 0.1) is 0 Å². The highest BCUT2D eigenvalue weighted by Gasteiger charge is 1.97. The molecule has 0 aliphatic carbocycles. The van der Waals surface area contributed by atoms with E-state index in [2.05, 4.69) is 10.4 Å². The molecule has 0 aliphatic heterocycles. The van der Waals surface area contributed by atoms with Gasteiger partial charge in [-0.3, -0.25) is 0 Å². The molecule has 13 heavy (non-hydrogen) atoms. The molecule has 0 amide bonds. The van der Waals surface area contributed by atoms with E-state index in [0.717, 1.165) is 10.9 Å². The van der Waals surface area contributed by atoms with Gasteiger partial charge in [0.2, 0.25) is 6.86 Å². The summed E-state index contributed by atoms with van der Waals surface area (Å²) in [5, 5.41) is 1.08. The molecular formula is C9H9FN2O. The lowest BCUT2D eigenvalue weighted by atomic mass is 10.3. The Balaban J connectivity index is 2.35. The van der Waals surface area contributed by atoms with Gasteiger partial charge in [-0.1, -0.05) is 18.2 Å². The van der Waals surface area contributed by atoms with Crippen molar-refractivity contribution in [2.45, 2.75) is 0 Å². The van der Waals surface area contributed by atoms with Crippen molar-refractivity contribution < 1.29 is 9.23 Å². The number of hydrogen-bond donors (Lipinski definition) is 1. The largest absolute Gasteiger partial charge is 0.244 e. The van der Waals surface area contributed by atoms with Crippen molar-refractivity contribution in [2.24, 2.45) is 0 Å². The molecule has 4 heteroatoms. The second-order valence-corrected chi connectivity index (χ2v) is 2.59. The summed E-state index contributed by atoms with van der Waals surface area (Å²) in [7, 11) is 0. The molecule has 2 rings (SSSR count). The predicted octanol–water partition coefficient (Wildman–Crippen LogP) is 2.04. The van der Waals surface area contributed by atoms with Crippen LogP contribution in [0.25, 0.3) is 10.9 Å². The van der Waals surface area contributed by atoms with Gasteiger partial charge in [0.25, 0.3) is 0 Å². The molecule has 1 N–H and O–H groups in total. The van der Waals surface area contributed by atoms with Gasteiger partial charge in [-0.05, 0) is 12.1 Å². The van der Waals surface area contributed by atoms with E-state index < -0.39 is 6.86 Å². The van der Waals surface area contributed by atoms with Crippen molar-refractivity contribution in [2.75, 3.05) is 12.4 Å². The molecule has 1 aromatic carbocycles. The third kappa shape index (κ3) is 1.48. The van der Waals surface area contributed by atoms with Crippen molar-refractivity contribution in [3.8, 4) is 0 Å². The minimum atomic E-state index is -0.855. The fraction of sp³-hybridized carbons (Fsp3) is 0.111. The second kappa shape index (κ2) is 3.45. The lowest BCUT2D eigenvalue weighted by Gasteiger charge is -2.05. The average molecular weight is 180 g/mol. The Kier molecular flexibility index (Phi) is 2.14. The summed E-state index contributed by atoms with van der Waals surface area (Å²) in [6, 6.07) is 9.68. The standard InChI is InChI=1S/C9H9FN2O/c10-7-13-11-12-6-5-8-3-1-2-4-9(8)12/h1-6,11H,7H2. The van der Waals surface area contributed by atoms with E-state index >= 15 is 0 Å². The van der Waals surface area contributed by atoms with Crippen LogP contribution >= 0.6 is 0 Å². The van der Waals surface area contributed by atoms with Gasteiger partial charge in [0.05, 0.1) is 5.52 Å². The Morgan fingerprint density at radius 1 is 1.31 bits per heavy atom. The summed E-state index contributed by atoms with van der Waals surface area (Å²) in [6.07, 6.45) is 1.78. The van der Waals surface area contributed by atoms with Crippen molar-refractivity contribution in [1.82, 2.24) is 4.68 Å². The SMILES string of the molecule is FCONn1ccc2ccccc21. The van der Waals surface area contributed by atoms with Gasteiger partial charge in [-0.2, -0.15) is 5.59 Å². The maximum atomic E-state index is 11.7. The Labute approximate surface area is 74.7 Å². The molecule has 0 bridgehead atoms. The number of hydrogen-bond acceptors (Lipinski definition) is 2. The smallest absolute Gasteiger partial charge is 0.216 e. The Morgan fingerprint density at radius 3 is 3.00 bits per heavy atom. The minimum Gasteiger partial charge on any atom is -0.244 e. The zero-order chi connectivity index (χ0) is 9.10. The van der Waals surface area contributed by atoms with Gasteiger partial charge >= 0.3 is 0 Å². The molecule has 2 aromatic rings. The molecule has 0 fully saturated rings. The van der Waals surface area contributed by atoms with Crippen LogP contribution in [0.2, 0.25) is 0 Å². The molecule has 0 saturated carbocycles. The maximum Gasteiger partial charge on any atom is 0.216 e. The van der Waals surface area contributed by atoms with Crippen LogP contribution in [-0.4, -0.2) is 11.5 Å². The molecule has 0 unspecified atom stereocenters. The van der Waals surface area contributed by atoms with E-state index in [-0.39, 0.29) is 0 Å². The van der Waals surface area contributed by atoms with Crippen molar-refractivity contribution in [1.29, 1.82) is 0 Å². The van der Waals surface area contributed by atoms with Gasteiger partial charge in [-0.25, -0.2) is 13.9 Å². The van der Waals surface area contributed by atoms with Gasteiger partial charge < -0.3 is 0 Å². The highest BCUT2D eigenvalue weighted by Crippen LogP contribution is 2.13. The van der Waals surface area contributed by atoms with Crippen LogP contribution in [0.4, 0.5) is 4.39 Å². The lowest BCUT2D eigenvalue weighted by molar-refractivity contribution is 0.0757. The van der Waals surface area contributed by atoms with Crippen LogP contribution in [0.15, 0.2) is 36.5 Å². The molecule has 3 nitrogen and oxygen atoms in total. The third-order valence-corrected chi connectivity index (χ3v) is 1.82. The molecule has 68 valence electrons. The van der Waals surface area contributed by atoms with Gasteiger partial charge in [-0.15, -0.1) is 0 Å². The summed E-state index contributed by atoms with van der Waals surface area (Å²) in [6.45, 7) is -0.855. The van der Waals surface area contributed by atoms with E-state index in [1.807, 2.05) is 30.3 Å². The van der Waals surface area contributed by atoms with E-state index in [0.29, 0.717) is 0 Å². The van der Waals surface area contributed by atoms with Crippen molar-refractivity contribution in [3.05, 3.63) is 36.5 Å². The van der Waals surface area contributed by atoms with Crippen LogP contribution in [-0.2, 0) is 4.84 Å². The molecule has 0 aliphatic rings. The zero-order valence-corrected chi connectivity index (χ0v) is 6.90. The van der Waals surface area contributed by atoms with Gasteiger partial charge in [0, 0.05) is 11.6 Å². The number of nitrogens with zero attached hydrogens (tertiary/aromatic N) is 1.